The Morgan fingerprint density at radius 3 is 2.28 bits per heavy atom. The molecular weight excluding hydrogens is 370 g/mol. The van der Waals surface area contributed by atoms with Crippen molar-refractivity contribution in [2.24, 2.45) is 0 Å². The molecule has 0 heterocycles. The number of carbonyl (C=O) groups is 1. The van der Waals surface area contributed by atoms with Gasteiger partial charge in [0.05, 0.1) is 42.5 Å². The Morgan fingerprint density at radius 2 is 1.68 bits per heavy atom. The lowest BCUT2D eigenvalue weighted by atomic mass is 10.2. The molecular formula is C16H16ClNO6S. The van der Waals surface area contributed by atoms with E-state index >= 15 is 0 Å². The molecule has 2 rings (SSSR count). The lowest BCUT2D eigenvalue weighted by molar-refractivity contribution is 0.0600. The standard InChI is InChI=1S/C16H16ClNO6S/c1-22-14-7-4-10(8-15(14)23-2)18-25(20,21)11-5-6-13(17)12(9-11)16(19)24-3/h4-9,18H,1-3H3. The fraction of sp³-hybridized carbons (Fsp3) is 0.188. The second-order valence-corrected chi connectivity index (χ2v) is 6.90. The van der Waals surface area contributed by atoms with Crippen molar-refractivity contribution in [3.63, 3.8) is 0 Å². The minimum absolute atomic E-state index is 0.0423. The topological polar surface area (TPSA) is 90.9 Å². The molecule has 2 aromatic carbocycles. The van der Waals surface area contributed by atoms with Crippen LogP contribution in [-0.4, -0.2) is 35.7 Å². The first kappa shape index (κ1) is 18.9. The number of sulfonamides is 1. The predicted molar refractivity (Wildman–Crippen MR) is 93.1 cm³/mol. The van der Waals surface area contributed by atoms with Gasteiger partial charge >= 0.3 is 5.97 Å². The Balaban J connectivity index is 2.38. The van der Waals surface area contributed by atoms with Gasteiger partial charge in [0.25, 0.3) is 10.0 Å². The van der Waals surface area contributed by atoms with Crippen LogP contribution in [0.1, 0.15) is 10.4 Å². The third-order valence-electron chi connectivity index (χ3n) is 3.29. The fourth-order valence-electron chi connectivity index (χ4n) is 2.05. The lowest BCUT2D eigenvalue weighted by Crippen LogP contribution is -2.14. The number of rotatable bonds is 6. The minimum Gasteiger partial charge on any atom is -0.493 e. The van der Waals surface area contributed by atoms with Gasteiger partial charge in [-0.3, -0.25) is 4.72 Å². The molecule has 25 heavy (non-hydrogen) atoms. The molecule has 0 unspecified atom stereocenters. The van der Waals surface area contributed by atoms with Gasteiger partial charge < -0.3 is 14.2 Å². The van der Waals surface area contributed by atoms with Gasteiger partial charge in [-0.05, 0) is 30.3 Å². The molecule has 7 nitrogen and oxygen atoms in total. The molecule has 0 radical (unpaired) electrons. The summed E-state index contributed by atoms with van der Waals surface area (Å²) in [7, 11) is 0.149. The van der Waals surface area contributed by atoms with Crippen LogP contribution in [0.25, 0.3) is 0 Å². The van der Waals surface area contributed by atoms with Gasteiger partial charge in [0.2, 0.25) is 0 Å². The van der Waals surface area contributed by atoms with E-state index in [4.69, 9.17) is 21.1 Å². The van der Waals surface area contributed by atoms with Crippen LogP contribution >= 0.6 is 11.6 Å². The van der Waals surface area contributed by atoms with E-state index in [9.17, 15) is 13.2 Å². The Bertz CT molecular complexity index is 897. The van der Waals surface area contributed by atoms with Crippen LogP contribution in [0.5, 0.6) is 11.5 Å². The van der Waals surface area contributed by atoms with Crippen molar-refractivity contribution in [1.82, 2.24) is 0 Å². The SMILES string of the molecule is COC(=O)c1cc(S(=O)(=O)Nc2ccc(OC)c(OC)c2)ccc1Cl. The number of esters is 1. The van der Waals surface area contributed by atoms with E-state index in [1.807, 2.05) is 0 Å². The number of hydrogen-bond donors (Lipinski definition) is 1. The number of ether oxygens (including phenoxy) is 3. The summed E-state index contributed by atoms with van der Waals surface area (Å²) in [5.74, 6) is 0.104. The molecule has 0 bridgehead atoms. The number of carbonyl (C=O) groups excluding carboxylic acids is 1. The van der Waals surface area contributed by atoms with Gasteiger partial charge in [-0.1, -0.05) is 11.6 Å². The van der Waals surface area contributed by atoms with Crippen molar-refractivity contribution in [3.8, 4) is 11.5 Å². The largest absolute Gasteiger partial charge is 0.493 e. The highest BCUT2D eigenvalue weighted by molar-refractivity contribution is 7.92. The van der Waals surface area contributed by atoms with Crippen LogP contribution in [0, 0.1) is 0 Å². The summed E-state index contributed by atoms with van der Waals surface area (Å²) >= 11 is 5.91. The van der Waals surface area contributed by atoms with Gasteiger partial charge in [0.15, 0.2) is 11.5 Å². The molecule has 0 saturated carbocycles. The van der Waals surface area contributed by atoms with Crippen LogP contribution in [0.15, 0.2) is 41.3 Å². The fourth-order valence-corrected chi connectivity index (χ4v) is 3.32. The summed E-state index contributed by atoms with van der Waals surface area (Å²) in [6, 6.07) is 8.33. The number of methoxy groups -OCH3 is 3. The minimum atomic E-state index is -3.95. The number of nitrogens with one attached hydrogen (secondary N) is 1. The van der Waals surface area contributed by atoms with E-state index in [1.54, 1.807) is 6.07 Å². The maximum Gasteiger partial charge on any atom is 0.339 e. The molecule has 9 heteroatoms. The first-order valence-corrected chi connectivity index (χ1v) is 8.81. The Morgan fingerprint density at radius 1 is 1.00 bits per heavy atom. The second kappa shape index (κ2) is 7.62. The van der Waals surface area contributed by atoms with Gasteiger partial charge in [0.1, 0.15) is 0 Å². The van der Waals surface area contributed by atoms with Crippen LogP contribution in [0.3, 0.4) is 0 Å². The Hall–Kier alpha value is -2.45. The molecule has 0 aliphatic heterocycles. The monoisotopic (exact) mass is 385 g/mol. The molecule has 0 aromatic heterocycles. The normalized spacial score (nSPS) is 10.9. The van der Waals surface area contributed by atoms with Gasteiger partial charge in [-0.15, -0.1) is 0 Å². The average molecular weight is 386 g/mol. The van der Waals surface area contributed by atoms with E-state index in [1.165, 1.54) is 45.6 Å². The molecule has 0 atom stereocenters. The summed E-state index contributed by atoms with van der Waals surface area (Å²) in [4.78, 5) is 11.5. The third kappa shape index (κ3) is 4.15. The summed E-state index contributed by atoms with van der Waals surface area (Å²) in [5, 5.41) is 0.0944. The van der Waals surface area contributed by atoms with E-state index < -0.39 is 16.0 Å². The van der Waals surface area contributed by atoms with Crippen molar-refractivity contribution in [3.05, 3.63) is 47.0 Å². The van der Waals surface area contributed by atoms with E-state index in [2.05, 4.69) is 9.46 Å². The molecule has 0 amide bonds. The Kier molecular flexibility index (Phi) is 5.76. The molecule has 2 aromatic rings. The zero-order valence-electron chi connectivity index (χ0n) is 13.7. The molecule has 0 aliphatic carbocycles. The molecule has 0 fully saturated rings. The predicted octanol–water partition coefficient (Wildman–Crippen LogP) is 2.94. The number of hydrogen-bond acceptors (Lipinski definition) is 6. The van der Waals surface area contributed by atoms with Crippen molar-refractivity contribution in [1.29, 1.82) is 0 Å². The quantitative estimate of drug-likeness (QED) is 0.769. The zero-order chi connectivity index (χ0) is 18.6. The smallest absolute Gasteiger partial charge is 0.339 e. The average Bonchev–Trinajstić information content (AvgIpc) is 2.60. The molecule has 0 aliphatic rings. The molecule has 1 N–H and O–H groups in total. The Labute approximate surface area is 150 Å². The highest BCUT2D eigenvalue weighted by Crippen LogP contribution is 2.31. The highest BCUT2D eigenvalue weighted by atomic mass is 35.5. The molecule has 0 saturated heterocycles. The van der Waals surface area contributed by atoms with Gasteiger partial charge in [0, 0.05) is 6.07 Å². The van der Waals surface area contributed by atoms with E-state index in [0.717, 1.165) is 6.07 Å². The van der Waals surface area contributed by atoms with E-state index in [-0.39, 0.29) is 21.2 Å². The van der Waals surface area contributed by atoms with Crippen LogP contribution in [0.4, 0.5) is 5.69 Å². The number of halogens is 1. The zero-order valence-corrected chi connectivity index (χ0v) is 15.3. The van der Waals surface area contributed by atoms with Crippen molar-refractivity contribution >= 4 is 33.3 Å². The number of anilines is 1. The third-order valence-corrected chi connectivity index (χ3v) is 5.00. The number of benzene rings is 2. The first-order chi connectivity index (χ1) is 11.8. The highest BCUT2D eigenvalue weighted by Gasteiger charge is 2.20. The summed E-state index contributed by atoms with van der Waals surface area (Å²) < 4.78 is 42.3. The van der Waals surface area contributed by atoms with Crippen LogP contribution < -0.4 is 14.2 Å². The first-order valence-electron chi connectivity index (χ1n) is 6.95. The van der Waals surface area contributed by atoms with E-state index in [0.29, 0.717) is 11.5 Å². The maximum absolute atomic E-state index is 12.6. The summed E-state index contributed by atoms with van der Waals surface area (Å²) in [6.07, 6.45) is 0. The van der Waals surface area contributed by atoms with Crippen molar-refractivity contribution in [2.45, 2.75) is 4.90 Å². The molecule has 0 spiro atoms. The van der Waals surface area contributed by atoms with Crippen LogP contribution in [-0.2, 0) is 14.8 Å². The second-order valence-electron chi connectivity index (χ2n) is 4.81. The van der Waals surface area contributed by atoms with Gasteiger partial charge in [-0.2, -0.15) is 0 Å². The van der Waals surface area contributed by atoms with Crippen molar-refractivity contribution in [2.75, 3.05) is 26.1 Å². The van der Waals surface area contributed by atoms with Crippen molar-refractivity contribution < 1.29 is 27.4 Å². The molecule has 134 valence electrons. The lowest BCUT2D eigenvalue weighted by Gasteiger charge is -2.12. The van der Waals surface area contributed by atoms with Crippen LogP contribution in [0.2, 0.25) is 5.02 Å². The summed E-state index contributed by atoms with van der Waals surface area (Å²) in [6.45, 7) is 0. The summed E-state index contributed by atoms with van der Waals surface area (Å²) in [5.41, 5.74) is 0.228. The van der Waals surface area contributed by atoms with Gasteiger partial charge in [-0.25, -0.2) is 13.2 Å². The maximum atomic E-state index is 12.6.